The van der Waals surface area contributed by atoms with Crippen LogP contribution in [0.4, 0.5) is 8.78 Å². The molecule has 9 nitrogen and oxygen atoms in total. The van der Waals surface area contributed by atoms with E-state index in [0.29, 0.717) is 24.1 Å². The van der Waals surface area contributed by atoms with Gasteiger partial charge in [-0.25, -0.2) is 13.8 Å². The first-order chi connectivity index (χ1) is 15.2. The number of ether oxygens (including phenoxy) is 1. The van der Waals surface area contributed by atoms with Crippen LogP contribution >= 0.6 is 0 Å². The van der Waals surface area contributed by atoms with Crippen LogP contribution in [0.5, 0.6) is 0 Å². The van der Waals surface area contributed by atoms with E-state index in [4.69, 9.17) is 15.9 Å². The van der Waals surface area contributed by atoms with Gasteiger partial charge in [0.1, 0.15) is 5.82 Å². The summed E-state index contributed by atoms with van der Waals surface area (Å²) in [5, 5.41) is 7.97. The SMILES string of the molecule is CN(C)C(=O)CCC(=O)N1CC(COC(=N)/C=C(\N)n2c(C(F)F)nc3ccccc32)C1. The van der Waals surface area contributed by atoms with E-state index in [2.05, 4.69) is 4.98 Å². The molecule has 2 heterocycles. The zero-order chi connectivity index (χ0) is 23.4. The van der Waals surface area contributed by atoms with Crippen molar-refractivity contribution in [3.63, 3.8) is 0 Å². The highest BCUT2D eigenvalue weighted by atomic mass is 19.3. The van der Waals surface area contributed by atoms with Crippen molar-refractivity contribution in [2.75, 3.05) is 33.8 Å². The lowest BCUT2D eigenvalue weighted by Crippen LogP contribution is -2.51. The Bertz CT molecular complexity index is 1040. The van der Waals surface area contributed by atoms with E-state index in [0.717, 1.165) is 10.6 Å². The van der Waals surface area contributed by atoms with Crippen LogP contribution in [0.2, 0.25) is 0 Å². The average molecular weight is 448 g/mol. The fraction of sp³-hybridized carbons (Fsp3) is 0.429. The zero-order valence-corrected chi connectivity index (χ0v) is 17.9. The second-order valence-electron chi connectivity index (χ2n) is 7.79. The highest BCUT2D eigenvalue weighted by Crippen LogP contribution is 2.26. The molecule has 1 aromatic heterocycles. The number of hydrogen-bond donors (Lipinski definition) is 2. The number of carbonyl (C=O) groups is 2. The van der Waals surface area contributed by atoms with Gasteiger partial charge in [0, 0.05) is 52.0 Å². The van der Waals surface area contributed by atoms with Gasteiger partial charge in [0.2, 0.25) is 17.7 Å². The Kier molecular flexibility index (Phi) is 7.06. The number of benzene rings is 1. The van der Waals surface area contributed by atoms with Crippen LogP contribution in [0.1, 0.15) is 25.1 Å². The van der Waals surface area contributed by atoms with E-state index in [1.54, 1.807) is 43.3 Å². The van der Waals surface area contributed by atoms with Gasteiger partial charge in [0.05, 0.1) is 17.6 Å². The van der Waals surface area contributed by atoms with Gasteiger partial charge in [0.15, 0.2) is 5.82 Å². The largest absolute Gasteiger partial charge is 0.478 e. The Hall–Kier alpha value is -3.50. The summed E-state index contributed by atoms with van der Waals surface area (Å²) in [4.78, 5) is 30.7. The lowest BCUT2D eigenvalue weighted by Gasteiger charge is -2.39. The first kappa shape index (κ1) is 23.2. The van der Waals surface area contributed by atoms with Gasteiger partial charge < -0.3 is 20.3 Å². The van der Waals surface area contributed by atoms with Crippen LogP contribution in [0.15, 0.2) is 30.3 Å². The van der Waals surface area contributed by atoms with E-state index in [9.17, 15) is 18.4 Å². The molecule has 0 radical (unpaired) electrons. The molecule has 0 atom stereocenters. The first-order valence-electron chi connectivity index (χ1n) is 10.1. The monoisotopic (exact) mass is 448 g/mol. The number of para-hydroxylation sites is 2. The van der Waals surface area contributed by atoms with Crippen molar-refractivity contribution < 1.29 is 23.1 Å². The molecule has 1 fully saturated rings. The number of nitrogens with two attached hydrogens (primary N) is 1. The van der Waals surface area contributed by atoms with E-state index in [-0.39, 0.29) is 48.9 Å². The van der Waals surface area contributed by atoms with Crippen LogP contribution in [0.3, 0.4) is 0 Å². The predicted octanol–water partition coefficient (Wildman–Crippen LogP) is 2.05. The number of halogens is 2. The normalized spacial score (nSPS) is 14.5. The van der Waals surface area contributed by atoms with E-state index in [1.165, 1.54) is 4.90 Å². The molecule has 1 aromatic carbocycles. The second kappa shape index (κ2) is 9.75. The van der Waals surface area contributed by atoms with Gasteiger partial charge in [-0.2, -0.15) is 0 Å². The zero-order valence-electron chi connectivity index (χ0n) is 17.9. The molecule has 2 aromatic rings. The maximum atomic E-state index is 13.4. The molecule has 0 spiro atoms. The number of fused-ring (bicyclic) bond motifs is 1. The summed E-state index contributed by atoms with van der Waals surface area (Å²) in [6.07, 6.45) is -1.35. The maximum Gasteiger partial charge on any atom is 0.296 e. The first-order valence-corrected chi connectivity index (χ1v) is 10.1. The molecular formula is C21H26F2N6O3. The summed E-state index contributed by atoms with van der Waals surface area (Å²) in [5.41, 5.74) is 6.77. The van der Waals surface area contributed by atoms with Crippen LogP contribution in [0.25, 0.3) is 16.9 Å². The van der Waals surface area contributed by atoms with Crippen molar-refractivity contribution >= 4 is 34.6 Å². The Morgan fingerprint density at radius 3 is 2.66 bits per heavy atom. The molecule has 32 heavy (non-hydrogen) atoms. The smallest absolute Gasteiger partial charge is 0.296 e. The minimum Gasteiger partial charge on any atom is -0.478 e. The summed E-state index contributed by atoms with van der Waals surface area (Å²) in [5.74, 6) is -1.03. The third-order valence-corrected chi connectivity index (χ3v) is 5.16. The van der Waals surface area contributed by atoms with Gasteiger partial charge in [-0.1, -0.05) is 12.1 Å². The lowest BCUT2D eigenvalue weighted by atomic mass is 10.0. The summed E-state index contributed by atoms with van der Waals surface area (Å²) in [7, 11) is 3.28. The minimum absolute atomic E-state index is 0.0455. The lowest BCUT2D eigenvalue weighted by molar-refractivity contribution is -0.141. The number of rotatable bonds is 8. The van der Waals surface area contributed by atoms with Gasteiger partial charge >= 0.3 is 0 Å². The molecular weight excluding hydrogens is 422 g/mol. The summed E-state index contributed by atoms with van der Waals surface area (Å²) >= 11 is 0. The van der Waals surface area contributed by atoms with Crippen LogP contribution in [-0.2, 0) is 14.3 Å². The van der Waals surface area contributed by atoms with Crippen molar-refractivity contribution in [3.05, 3.63) is 36.2 Å². The van der Waals surface area contributed by atoms with Gasteiger partial charge in [-0.05, 0) is 12.1 Å². The molecule has 11 heteroatoms. The second-order valence-corrected chi connectivity index (χ2v) is 7.79. The van der Waals surface area contributed by atoms with E-state index < -0.39 is 12.2 Å². The number of nitrogens with zero attached hydrogens (tertiary/aromatic N) is 4. The third kappa shape index (κ3) is 5.21. The number of alkyl halides is 2. The van der Waals surface area contributed by atoms with Crippen molar-refractivity contribution in [1.82, 2.24) is 19.4 Å². The van der Waals surface area contributed by atoms with Crippen molar-refractivity contribution in [3.8, 4) is 0 Å². The van der Waals surface area contributed by atoms with Crippen molar-refractivity contribution in [2.24, 2.45) is 11.7 Å². The Morgan fingerprint density at radius 2 is 2.00 bits per heavy atom. The van der Waals surface area contributed by atoms with Crippen molar-refractivity contribution in [2.45, 2.75) is 19.3 Å². The highest BCUT2D eigenvalue weighted by Gasteiger charge is 2.31. The van der Waals surface area contributed by atoms with Crippen LogP contribution < -0.4 is 5.73 Å². The van der Waals surface area contributed by atoms with Crippen LogP contribution in [0, 0.1) is 11.3 Å². The molecule has 172 valence electrons. The molecule has 0 aliphatic carbocycles. The van der Waals surface area contributed by atoms with E-state index in [1.807, 2.05) is 0 Å². The third-order valence-electron chi connectivity index (χ3n) is 5.16. The molecule has 0 unspecified atom stereocenters. The number of imidazole rings is 1. The van der Waals surface area contributed by atoms with Crippen LogP contribution in [-0.4, -0.2) is 70.9 Å². The van der Waals surface area contributed by atoms with Gasteiger partial charge in [-0.15, -0.1) is 0 Å². The summed E-state index contributed by atoms with van der Waals surface area (Å²) in [6.45, 7) is 1.14. The quantitative estimate of drug-likeness (QED) is 0.473. The highest BCUT2D eigenvalue weighted by molar-refractivity contribution is 5.91. The fourth-order valence-electron chi connectivity index (χ4n) is 3.39. The standard InChI is InChI=1S/C21H26F2N6O3/c1-27(2)18(30)7-8-19(31)28-10-13(11-28)12-32-17(25)9-16(24)29-15-6-4-3-5-14(15)26-21(29)20(22)23/h3-6,9,13,20,25H,7-8,10-12,24H2,1-2H3/b16-9+,25-17?. The Morgan fingerprint density at radius 1 is 1.31 bits per heavy atom. The molecule has 1 aliphatic rings. The number of aromatic nitrogens is 2. The maximum absolute atomic E-state index is 13.4. The fourth-order valence-corrected chi connectivity index (χ4v) is 3.39. The Labute approximate surface area is 183 Å². The minimum atomic E-state index is -2.84. The average Bonchev–Trinajstić information content (AvgIpc) is 3.10. The molecule has 2 amide bonds. The number of amides is 2. The van der Waals surface area contributed by atoms with E-state index >= 15 is 0 Å². The van der Waals surface area contributed by atoms with Crippen molar-refractivity contribution in [1.29, 1.82) is 5.41 Å². The summed E-state index contributed by atoms with van der Waals surface area (Å²) < 4.78 is 33.3. The molecule has 3 N–H and O–H groups in total. The molecule has 1 aliphatic heterocycles. The summed E-state index contributed by atoms with van der Waals surface area (Å²) in [6, 6.07) is 6.59. The molecule has 0 saturated carbocycles. The topological polar surface area (TPSA) is 118 Å². The number of likely N-dealkylation sites (tertiary alicyclic amines) is 1. The number of hydrogen-bond acceptors (Lipinski definition) is 6. The van der Waals surface area contributed by atoms with Gasteiger partial charge in [-0.3, -0.25) is 19.6 Å². The molecule has 0 bridgehead atoms. The number of nitrogens with one attached hydrogen (secondary N) is 1. The number of carbonyl (C=O) groups excluding carboxylic acids is 2. The Balaban J connectivity index is 1.52. The molecule has 3 rings (SSSR count). The molecule has 1 saturated heterocycles. The predicted molar refractivity (Wildman–Crippen MR) is 115 cm³/mol. The van der Waals surface area contributed by atoms with Gasteiger partial charge in [0.25, 0.3) is 6.43 Å².